The van der Waals surface area contributed by atoms with Crippen LogP contribution in [0.4, 0.5) is 0 Å². The van der Waals surface area contributed by atoms with E-state index < -0.39 is 0 Å². The van der Waals surface area contributed by atoms with Crippen molar-refractivity contribution in [2.24, 2.45) is 11.7 Å². The van der Waals surface area contributed by atoms with Crippen LogP contribution in [0.1, 0.15) is 49.5 Å². The largest absolute Gasteiger partial charge is 0.348 e. The van der Waals surface area contributed by atoms with Crippen LogP contribution in [-0.2, 0) is 5.41 Å². The van der Waals surface area contributed by atoms with E-state index in [-0.39, 0.29) is 17.4 Å². The normalized spacial score (nSPS) is 17.1. The summed E-state index contributed by atoms with van der Waals surface area (Å²) in [6.07, 6.45) is 2.37. The summed E-state index contributed by atoms with van der Waals surface area (Å²) >= 11 is 0. The Hall–Kier alpha value is -1.35. The molecular weight excluding hydrogens is 236 g/mol. The Bertz CT molecular complexity index is 458. The predicted octanol–water partition coefficient (Wildman–Crippen LogP) is 2.45. The number of amides is 1. The number of benzene rings is 1. The summed E-state index contributed by atoms with van der Waals surface area (Å²) in [6.45, 7) is 6.90. The van der Waals surface area contributed by atoms with Crippen LogP contribution in [0.5, 0.6) is 0 Å². The van der Waals surface area contributed by atoms with Gasteiger partial charge in [-0.3, -0.25) is 4.79 Å². The average molecular weight is 260 g/mol. The van der Waals surface area contributed by atoms with Gasteiger partial charge in [0.2, 0.25) is 0 Å². The first-order chi connectivity index (χ1) is 8.93. The highest BCUT2D eigenvalue weighted by Crippen LogP contribution is 2.32. The summed E-state index contributed by atoms with van der Waals surface area (Å²) in [5.41, 5.74) is 7.57. The fourth-order valence-corrected chi connectivity index (χ4v) is 2.45. The highest BCUT2D eigenvalue weighted by Gasteiger charge is 2.32. The molecule has 1 aliphatic carbocycles. The Morgan fingerprint density at radius 2 is 2.00 bits per heavy atom. The van der Waals surface area contributed by atoms with Gasteiger partial charge >= 0.3 is 0 Å². The fraction of sp³-hybridized carbons (Fsp3) is 0.562. The van der Waals surface area contributed by atoms with Crippen molar-refractivity contribution in [3.05, 3.63) is 35.4 Å². The first kappa shape index (κ1) is 14.1. The molecule has 0 aliphatic heterocycles. The van der Waals surface area contributed by atoms with Crippen molar-refractivity contribution in [3.8, 4) is 0 Å². The molecule has 2 rings (SSSR count). The predicted molar refractivity (Wildman–Crippen MR) is 78.2 cm³/mol. The molecule has 1 saturated carbocycles. The van der Waals surface area contributed by atoms with E-state index in [0.29, 0.717) is 12.5 Å². The fourth-order valence-electron chi connectivity index (χ4n) is 2.45. The van der Waals surface area contributed by atoms with Crippen LogP contribution < -0.4 is 11.1 Å². The molecule has 3 heteroatoms. The molecule has 3 nitrogen and oxygen atoms in total. The molecule has 19 heavy (non-hydrogen) atoms. The minimum Gasteiger partial charge on any atom is -0.348 e. The van der Waals surface area contributed by atoms with E-state index in [4.69, 9.17) is 5.73 Å². The Balaban J connectivity index is 2.19. The average Bonchev–Trinajstić information content (AvgIpc) is 3.19. The number of carbonyl (C=O) groups excluding carboxylic acids is 1. The summed E-state index contributed by atoms with van der Waals surface area (Å²) in [5.74, 6) is 0.587. The van der Waals surface area contributed by atoms with Crippen molar-refractivity contribution in [2.45, 2.75) is 45.1 Å². The van der Waals surface area contributed by atoms with Gasteiger partial charge < -0.3 is 11.1 Å². The van der Waals surface area contributed by atoms with Gasteiger partial charge in [-0.25, -0.2) is 0 Å². The van der Waals surface area contributed by atoms with Gasteiger partial charge in [0.1, 0.15) is 0 Å². The summed E-state index contributed by atoms with van der Waals surface area (Å²) in [5, 5.41) is 3.09. The molecule has 1 aliphatic rings. The quantitative estimate of drug-likeness (QED) is 0.873. The molecule has 0 aromatic heterocycles. The Labute approximate surface area is 115 Å². The molecule has 0 bridgehead atoms. The van der Waals surface area contributed by atoms with Crippen molar-refractivity contribution >= 4 is 5.91 Å². The van der Waals surface area contributed by atoms with Crippen LogP contribution in [0, 0.1) is 5.92 Å². The van der Waals surface area contributed by atoms with Crippen molar-refractivity contribution in [2.75, 3.05) is 6.54 Å². The zero-order chi connectivity index (χ0) is 14.0. The Kier molecular flexibility index (Phi) is 3.95. The lowest BCUT2D eigenvalue weighted by molar-refractivity contribution is 0.0931. The number of carbonyl (C=O) groups is 1. The van der Waals surface area contributed by atoms with Gasteiger partial charge in [-0.05, 0) is 35.8 Å². The molecule has 0 saturated heterocycles. The maximum absolute atomic E-state index is 12.4. The topological polar surface area (TPSA) is 55.1 Å². The Morgan fingerprint density at radius 1 is 1.37 bits per heavy atom. The number of rotatable bonds is 4. The third-order valence-corrected chi connectivity index (χ3v) is 3.74. The summed E-state index contributed by atoms with van der Waals surface area (Å²) in [6, 6.07) is 7.96. The van der Waals surface area contributed by atoms with E-state index in [0.717, 1.165) is 11.1 Å². The summed E-state index contributed by atoms with van der Waals surface area (Å²) in [4.78, 5) is 12.4. The van der Waals surface area contributed by atoms with Gasteiger partial charge in [0.25, 0.3) is 5.91 Å². The molecule has 1 aromatic carbocycles. The third kappa shape index (κ3) is 3.35. The van der Waals surface area contributed by atoms with Gasteiger partial charge in [0.15, 0.2) is 0 Å². The maximum Gasteiger partial charge on any atom is 0.251 e. The number of nitrogens with one attached hydrogen (secondary N) is 1. The third-order valence-electron chi connectivity index (χ3n) is 3.74. The number of hydrogen-bond acceptors (Lipinski definition) is 2. The van der Waals surface area contributed by atoms with E-state index in [1.165, 1.54) is 12.8 Å². The monoisotopic (exact) mass is 260 g/mol. The SMILES string of the molecule is CC(C)(C)c1ccccc1C(=O)NC(CN)C1CC1. The molecule has 1 unspecified atom stereocenters. The molecule has 0 spiro atoms. The second-order valence-corrected chi connectivity index (χ2v) is 6.45. The first-order valence-electron chi connectivity index (χ1n) is 7.04. The van der Waals surface area contributed by atoms with Gasteiger partial charge in [0, 0.05) is 18.2 Å². The minimum atomic E-state index is -0.0360. The zero-order valence-corrected chi connectivity index (χ0v) is 12.1. The van der Waals surface area contributed by atoms with Crippen LogP contribution >= 0.6 is 0 Å². The maximum atomic E-state index is 12.4. The molecular formula is C16H24N2O. The van der Waals surface area contributed by atoms with E-state index in [1.807, 2.05) is 24.3 Å². The van der Waals surface area contributed by atoms with Gasteiger partial charge in [-0.1, -0.05) is 39.0 Å². The summed E-state index contributed by atoms with van der Waals surface area (Å²) in [7, 11) is 0. The van der Waals surface area contributed by atoms with Crippen LogP contribution in [0.25, 0.3) is 0 Å². The van der Waals surface area contributed by atoms with Crippen molar-refractivity contribution in [1.29, 1.82) is 0 Å². The lowest BCUT2D eigenvalue weighted by atomic mass is 9.83. The van der Waals surface area contributed by atoms with Gasteiger partial charge in [-0.2, -0.15) is 0 Å². The van der Waals surface area contributed by atoms with E-state index in [2.05, 4.69) is 26.1 Å². The molecule has 0 heterocycles. The molecule has 104 valence electrons. The molecule has 3 N–H and O–H groups in total. The van der Waals surface area contributed by atoms with E-state index >= 15 is 0 Å². The standard InChI is InChI=1S/C16H24N2O/c1-16(2,3)13-7-5-4-6-12(13)15(19)18-14(10-17)11-8-9-11/h4-7,11,14H,8-10,17H2,1-3H3,(H,18,19). The molecule has 1 atom stereocenters. The number of nitrogens with two attached hydrogens (primary N) is 1. The molecule has 1 aromatic rings. The second-order valence-electron chi connectivity index (χ2n) is 6.45. The highest BCUT2D eigenvalue weighted by atomic mass is 16.1. The first-order valence-corrected chi connectivity index (χ1v) is 7.04. The lowest BCUT2D eigenvalue weighted by Gasteiger charge is -2.24. The van der Waals surface area contributed by atoms with Gasteiger partial charge in [-0.15, -0.1) is 0 Å². The number of hydrogen-bond donors (Lipinski definition) is 2. The molecule has 1 fully saturated rings. The van der Waals surface area contributed by atoms with E-state index in [9.17, 15) is 4.79 Å². The molecule has 0 radical (unpaired) electrons. The lowest BCUT2D eigenvalue weighted by Crippen LogP contribution is -2.42. The van der Waals surface area contributed by atoms with Crippen LogP contribution in [0.3, 0.4) is 0 Å². The minimum absolute atomic E-state index is 0.00729. The Morgan fingerprint density at radius 3 is 2.53 bits per heavy atom. The van der Waals surface area contributed by atoms with E-state index in [1.54, 1.807) is 0 Å². The second kappa shape index (κ2) is 5.33. The van der Waals surface area contributed by atoms with Crippen molar-refractivity contribution < 1.29 is 4.79 Å². The van der Waals surface area contributed by atoms with Crippen molar-refractivity contribution in [1.82, 2.24) is 5.32 Å². The van der Waals surface area contributed by atoms with Crippen LogP contribution in [0.15, 0.2) is 24.3 Å². The van der Waals surface area contributed by atoms with Crippen LogP contribution in [-0.4, -0.2) is 18.5 Å². The zero-order valence-electron chi connectivity index (χ0n) is 12.1. The van der Waals surface area contributed by atoms with Crippen LogP contribution in [0.2, 0.25) is 0 Å². The summed E-state index contributed by atoms with van der Waals surface area (Å²) < 4.78 is 0. The highest BCUT2D eigenvalue weighted by molar-refractivity contribution is 5.96. The van der Waals surface area contributed by atoms with Gasteiger partial charge in [0.05, 0.1) is 0 Å². The molecule has 1 amide bonds. The smallest absolute Gasteiger partial charge is 0.251 e. The van der Waals surface area contributed by atoms with Crippen molar-refractivity contribution in [3.63, 3.8) is 0 Å².